The maximum atomic E-state index is 12.9. The van der Waals surface area contributed by atoms with Gasteiger partial charge in [0, 0.05) is 22.7 Å². The summed E-state index contributed by atoms with van der Waals surface area (Å²) in [7, 11) is 1.45. The number of quaternary nitrogens is 1. The van der Waals surface area contributed by atoms with Crippen LogP contribution >= 0.6 is 11.6 Å². The summed E-state index contributed by atoms with van der Waals surface area (Å²) >= 11 is 6.04. The molecule has 1 aliphatic heterocycles. The van der Waals surface area contributed by atoms with Crippen molar-refractivity contribution in [3.8, 4) is 5.75 Å². The molecule has 1 heterocycles. The Morgan fingerprint density at radius 3 is 2.63 bits per heavy atom. The van der Waals surface area contributed by atoms with Gasteiger partial charge in [-0.2, -0.15) is 0 Å². The van der Waals surface area contributed by atoms with E-state index in [1.807, 2.05) is 24.3 Å². The molecule has 0 radical (unpaired) electrons. The fourth-order valence-corrected chi connectivity index (χ4v) is 3.50. The topological polar surface area (TPSA) is 77.1 Å². The molecular weight excluding hydrogens is 370 g/mol. The molecule has 1 saturated heterocycles. The monoisotopic (exact) mass is 390 g/mol. The van der Waals surface area contributed by atoms with E-state index >= 15 is 0 Å². The number of rotatable bonds is 5. The van der Waals surface area contributed by atoms with E-state index in [4.69, 9.17) is 16.3 Å². The molecule has 2 aromatic rings. The van der Waals surface area contributed by atoms with Gasteiger partial charge < -0.3 is 14.5 Å². The first-order chi connectivity index (χ1) is 13.0. The summed E-state index contributed by atoms with van der Waals surface area (Å²) in [5.74, 6) is 0.108. The van der Waals surface area contributed by atoms with Crippen molar-refractivity contribution in [1.82, 2.24) is 4.90 Å². The van der Waals surface area contributed by atoms with Crippen molar-refractivity contribution < 1.29 is 19.4 Å². The number of hydrogen-bond acceptors (Lipinski definition) is 4. The molecule has 3 rings (SSSR count). The average Bonchev–Trinajstić information content (AvgIpc) is 2.67. The van der Waals surface area contributed by atoms with E-state index in [9.17, 15) is 14.9 Å². The van der Waals surface area contributed by atoms with Crippen LogP contribution < -0.4 is 9.64 Å². The molecule has 1 amide bonds. The van der Waals surface area contributed by atoms with E-state index in [2.05, 4.69) is 0 Å². The van der Waals surface area contributed by atoms with E-state index in [0.717, 1.165) is 30.2 Å². The Labute approximate surface area is 162 Å². The van der Waals surface area contributed by atoms with E-state index < -0.39 is 4.92 Å². The van der Waals surface area contributed by atoms with Crippen molar-refractivity contribution in [1.29, 1.82) is 0 Å². The molecule has 142 valence electrons. The first kappa shape index (κ1) is 19.1. The van der Waals surface area contributed by atoms with Crippen molar-refractivity contribution in [2.45, 2.75) is 6.54 Å². The summed E-state index contributed by atoms with van der Waals surface area (Å²) in [6.45, 7) is 3.62. The van der Waals surface area contributed by atoms with Gasteiger partial charge in [0.1, 0.15) is 12.3 Å². The van der Waals surface area contributed by atoms with E-state index in [1.165, 1.54) is 30.2 Å². The number of nitrogens with one attached hydrogen (secondary N) is 1. The molecule has 7 nitrogen and oxygen atoms in total. The number of nitrogens with zero attached hydrogens (tertiary/aromatic N) is 2. The summed E-state index contributed by atoms with van der Waals surface area (Å²) < 4.78 is 5.22. The maximum absolute atomic E-state index is 12.9. The van der Waals surface area contributed by atoms with Gasteiger partial charge >= 0.3 is 0 Å². The zero-order valence-electron chi connectivity index (χ0n) is 15.0. The number of carbonyl (C=O) groups is 1. The van der Waals surface area contributed by atoms with Crippen LogP contribution in [-0.2, 0) is 6.54 Å². The van der Waals surface area contributed by atoms with Crippen molar-refractivity contribution in [2.75, 3.05) is 33.3 Å². The molecule has 8 heteroatoms. The molecule has 0 atom stereocenters. The van der Waals surface area contributed by atoms with Crippen molar-refractivity contribution >= 4 is 23.2 Å². The highest BCUT2D eigenvalue weighted by molar-refractivity contribution is 6.30. The van der Waals surface area contributed by atoms with Crippen LogP contribution in [0.2, 0.25) is 5.02 Å². The van der Waals surface area contributed by atoms with Gasteiger partial charge in [0.05, 0.1) is 43.8 Å². The number of ether oxygens (including phenoxy) is 1. The number of carbonyl (C=O) groups excluding carboxylic acids is 1. The number of nitro groups is 1. The summed E-state index contributed by atoms with van der Waals surface area (Å²) in [6.07, 6.45) is 0. The molecule has 27 heavy (non-hydrogen) atoms. The lowest BCUT2D eigenvalue weighted by Gasteiger charge is -2.32. The number of non-ortho nitro benzene ring substituents is 1. The normalized spacial score (nSPS) is 14.8. The molecule has 0 aromatic heterocycles. The van der Waals surface area contributed by atoms with Crippen LogP contribution in [0.3, 0.4) is 0 Å². The Morgan fingerprint density at radius 2 is 2.00 bits per heavy atom. The van der Waals surface area contributed by atoms with Crippen LogP contribution in [-0.4, -0.2) is 49.0 Å². The highest BCUT2D eigenvalue weighted by Crippen LogP contribution is 2.25. The number of hydrogen-bond donors (Lipinski definition) is 1. The van der Waals surface area contributed by atoms with Gasteiger partial charge in [0.15, 0.2) is 0 Å². The van der Waals surface area contributed by atoms with Crippen LogP contribution in [0.5, 0.6) is 5.75 Å². The second-order valence-corrected chi connectivity index (χ2v) is 6.93. The predicted molar refractivity (Wildman–Crippen MR) is 101 cm³/mol. The number of nitro benzene ring substituents is 1. The standard InChI is InChI=1S/C19H20ClN3O4/c1-27-18-6-5-16(23(25)26)12-17(18)19(24)22-9-7-21(8-10-22)13-14-3-2-4-15(20)11-14/h2-6,11-12H,7-10,13H2,1H3/p+1. The SMILES string of the molecule is COc1ccc([N+](=O)[O-])cc1C(=O)N1CC[NH+](Cc2cccc(Cl)c2)CC1. The molecule has 0 bridgehead atoms. The third kappa shape index (κ3) is 4.56. The fourth-order valence-electron chi connectivity index (χ4n) is 3.29. The minimum absolute atomic E-state index is 0.121. The summed E-state index contributed by atoms with van der Waals surface area (Å²) in [6, 6.07) is 11.9. The number of amides is 1. The van der Waals surface area contributed by atoms with Crippen LogP contribution in [0.15, 0.2) is 42.5 Å². The van der Waals surface area contributed by atoms with E-state index in [0.29, 0.717) is 18.8 Å². The van der Waals surface area contributed by atoms with Crippen LogP contribution in [0.1, 0.15) is 15.9 Å². The zero-order valence-corrected chi connectivity index (χ0v) is 15.7. The largest absolute Gasteiger partial charge is 0.496 e. The van der Waals surface area contributed by atoms with Gasteiger partial charge in [-0.15, -0.1) is 0 Å². The molecular formula is C19H21ClN3O4+. The van der Waals surface area contributed by atoms with Crippen molar-refractivity contribution in [3.05, 3.63) is 68.7 Å². The second kappa shape index (κ2) is 8.37. The third-order valence-corrected chi connectivity index (χ3v) is 4.96. The lowest BCUT2D eigenvalue weighted by molar-refractivity contribution is -0.917. The molecule has 0 unspecified atom stereocenters. The summed E-state index contributed by atoms with van der Waals surface area (Å²) in [4.78, 5) is 26.5. The zero-order chi connectivity index (χ0) is 19.4. The molecule has 1 fully saturated rings. The second-order valence-electron chi connectivity index (χ2n) is 6.49. The smallest absolute Gasteiger partial charge is 0.270 e. The molecule has 1 aliphatic rings. The first-order valence-corrected chi connectivity index (χ1v) is 9.05. The Bertz CT molecular complexity index is 851. The fraction of sp³-hybridized carbons (Fsp3) is 0.316. The lowest BCUT2D eigenvalue weighted by Crippen LogP contribution is -3.13. The van der Waals surface area contributed by atoms with E-state index in [-0.39, 0.29) is 17.2 Å². The highest BCUT2D eigenvalue weighted by Gasteiger charge is 2.27. The van der Waals surface area contributed by atoms with Crippen molar-refractivity contribution in [2.24, 2.45) is 0 Å². The number of halogens is 1. The Hall–Kier alpha value is -2.64. The highest BCUT2D eigenvalue weighted by atomic mass is 35.5. The minimum Gasteiger partial charge on any atom is -0.496 e. The summed E-state index contributed by atoms with van der Waals surface area (Å²) in [5.41, 5.74) is 1.27. The molecule has 0 aliphatic carbocycles. The van der Waals surface area contributed by atoms with Gasteiger partial charge in [0.2, 0.25) is 0 Å². The predicted octanol–water partition coefficient (Wildman–Crippen LogP) is 1.80. The van der Waals surface area contributed by atoms with Crippen molar-refractivity contribution in [3.63, 3.8) is 0 Å². The first-order valence-electron chi connectivity index (χ1n) is 8.67. The van der Waals surface area contributed by atoms with Gasteiger partial charge in [-0.3, -0.25) is 14.9 Å². The van der Waals surface area contributed by atoms with Crippen LogP contribution in [0.4, 0.5) is 5.69 Å². The van der Waals surface area contributed by atoms with Gasteiger partial charge in [-0.25, -0.2) is 0 Å². The minimum atomic E-state index is -0.511. The average molecular weight is 391 g/mol. The maximum Gasteiger partial charge on any atom is 0.270 e. The van der Waals surface area contributed by atoms with E-state index in [1.54, 1.807) is 4.90 Å². The molecule has 0 saturated carbocycles. The summed E-state index contributed by atoms with van der Waals surface area (Å²) in [5, 5.41) is 11.7. The number of methoxy groups -OCH3 is 1. The Morgan fingerprint density at radius 1 is 1.26 bits per heavy atom. The van der Waals surface area contributed by atoms with Gasteiger partial charge in [-0.1, -0.05) is 23.7 Å². The quantitative estimate of drug-likeness (QED) is 0.623. The van der Waals surface area contributed by atoms with Gasteiger partial charge in [-0.05, 0) is 18.2 Å². The lowest BCUT2D eigenvalue weighted by atomic mass is 10.1. The molecule has 2 aromatic carbocycles. The van der Waals surface area contributed by atoms with Crippen LogP contribution in [0, 0.1) is 10.1 Å². The molecule has 0 spiro atoms. The molecule has 1 N–H and O–H groups in total. The number of benzene rings is 2. The Balaban J connectivity index is 1.66. The number of piperazine rings is 1. The van der Waals surface area contributed by atoms with Gasteiger partial charge in [0.25, 0.3) is 11.6 Å². The van der Waals surface area contributed by atoms with Crippen LogP contribution in [0.25, 0.3) is 0 Å². The third-order valence-electron chi connectivity index (χ3n) is 4.73. The Kier molecular flexibility index (Phi) is 5.93.